The molecule has 0 heterocycles. The van der Waals surface area contributed by atoms with E-state index in [9.17, 15) is 13.2 Å². The van der Waals surface area contributed by atoms with Gasteiger partial charge in [-0.1, -0.05) is 19.3 Å². The van der Waals surface area contributed by atoms with Crippen LogP contribution in [0, 0.1) is 0 Å². The Morgan fingerprint density at radius 1 is 1.22 bits per heavy atom. The van der Waals surface area contributed by atoms with Crippen LogP contribution in [0.4, 0.5) is 0 Å². The van der Waals surface area contributed by atoms with Crippen LogP contribution in [0.25, 0.3) is 0 Å². The van der Waals surface area contributed by atoms with Crippen LogP contribution in [-0.4, -0.2) is 32.2 Å². The number of carbonyl (C=O) groups is 1. The smallest absolute Gasteiger partial charge is 0.237 e. The van der Waals surface area contributed by atoms with Crippen LogP contribution in [0.3, 0.4) is 0 Å². The van der Waals surface area contributed by atoms with Gasteiger partial charge in [-0.3, -0.25) is 9.52 Å². The molecule has 1 fully saturated rings. The molecule has 1 aliphatic rings. The Kier molecular flexibility index (Phi) is 5.16. The molecule has 0 radical (unpaired) electrons. The molecule has 0 spiro atoms. The molecule has 0 aliphatic heterocycles. The summed E-state index contributed by atoms with van der Waals surface area (Å²) >= 11 is 0. The summed E-state index contributed by atoms with van der Waals surface area (Å²) in [7, 11) is -1.67. The lowest BCUT2D eigenvalue weighted by atomic mass is 9.79. The molecule has 0 bridgehead atoms. The lowest BCUT2D eigenvalue weighted by Gasteiger charge is -2.36. The summed E-state index contributed by atoms with van der Waals surface area (Å²) in [5, 5.41) is 2.62. The van der Waals surface area contributed by atoms with Crippen LogP contribution in [0.1, 0.15) is 52.4 Å². The maximum atomic E-state index is 11.9. The Labute approximate surface area is 110 Å². The number of sulfonamides is 1. The number of hydrogen-bond donors (Lipinski definition) is 2. The number of rotatable bonds is 5. The molecule has 1 aliphatic carbocycles. The van der Waals surface area contributed by atoms with Crippen LogP contribution < -0.4 is 10.0 Å². The molecule has 0 aromatic heterocycles. The minimum atomic E-state index is -3.51. The first-order valence-electron chi connectivity index (χ1n) is 6.55. The standard InChI is InChI=1S/C12H24N2O3S/c1-10(2)18(16,17)14-11(15)9-12(13-3)7-5-4-6-8-12/h10,13H,4-9H2,1-3H3,(H,14,15). The van der Waals surface area contributed by atoms with Crippen LogP contribution in [-0.2, 0) is 14.8 Å². The SMILES string of the molecule is CNC1(CC(=O)NS(=O)(=O)C(C)C)CCCCC1. The Morgan fingerprint density at radius 3 is 2.22 bits per heavy atom. The first-order valence-corrected chi connectivity index (χ1v) is 8.09. The number of hydrogen-bond acceptors (Lipinski definition) is 4. The fourth-order valence-electron chi connectivity index (χ4n) is 2.36. The second-order valence-electron chi connectivity index (χ2n) is 5.39. The van der Waals surface area contributed by atoms with Crippen molar-refractivity contribution >= 4 is 15.9 Å². The van der Waals surface area contributed by atoms with Crippen molar-refractivity contribution in [3.05, 3.63) is 0 Å². The van der Waals surface area contributed by atoms with E-state index in [0.29, 0.717) is 0 Å². The van der Waals surface area contributed by atoms with Crippen molar-refractivity contribution in [3.63, 3.8) is 0 Å². The van der Waals surface area contributed by atoms with Gasteiger partial charge in [-0.25, -0.2) is 8.42 Å². The Balaban J connectivity index is 2.63. The molecule has 6 heteroatoms. The van der Waals surface area contributed by atoms with E-state index >= 15 is 0 Å². The number of amides is 1. The number of carbonyl (C=O) groups excluding carboxylic acids is 1. The van der Waals surface area contributed by atoms with Gasteiger partial charge in [0, 0.05) is 12.0 Å². The van der Waals surface area contributed by atoms with E-state index in [-0.39, 0.29) is 12.0 Å². The first-order chi connectivity index (χ1) is 8.31. The van der Waals surface area contributed by atoms with Gasteiger partial charge in [0.05, 0.1) is 5.25 Å². The molecule has 1 amide bonds. The zero-order chi connectivity index (χ0) is 13.8. The van der Waals surface area contributed by atoms with Gasteiger partial charge >= 0.3 is 0 Å². The third-order valence-electron chi connectivity index (χ3n) is 3.72. The normalized spacial score (nSPS) is 19.8. The van der Waals surface area contributed by atoms with Crippen molar-refractivity contribution in [1.29, 1.82) is 0 Å². The Hall–Kier alpha value is -0.620. The predicted molar refractivity (Wildman–Crippen MR) is 71.7 cm³/mol. The van der Waals surface area contributed by atoms with Crippen LogP contribution in [0.2, 0.25) is 0 Å². The quantitative estimate of drug-likeness (QED) is 0.790. The van der Waals surface area contributed by atoms with Crippen LogP contribution in [0.5, 0.6) is 0 Å². The first kappa shape index (κ1) is 15.4. The van der Waals surface area contributed by atoms with Crippen molar-refractivity contribution in [3.8, 4) is 0 Å². The van der Waals surface area contributed by atoms with Gasteiger partial charge < -0.3 is 5.32 Å². The van der Waals surface area contributed by atoms with E-state index in [1.165, 1.54) is 6.42 Å². The highest BCUT2D eigenvalue weighted by Crippen LogP contribution is 2.30. The summed E-state index contributed by atoms with van der Waals surface area (Å²) < 4.78 is 25.4. The summed E-state index contributed by atoms with van der Waals surface area (Å²) in [6.07, 6.45) is 5.46. The molecule has 1 rings (SSSR count). The highest BCUT2D eigenvalue weighted by molar-refractivity contribution is 7.90. The van der Waals surface area contributed by atoms with Gasteiger partial charge in [-0.05, 0) is 33.7 Å². The molecule has 0 aromatic rings. The average molecular weight is 276 g/mol. The summed E-state index contributed by atoms with van der Waals surface area (Å²) in [6, 6.07) is 0. The van der Waals surface area contributed by atoms with E-state index in [4.69, 9.17) is 0 Å². The molecule has 0 aromatic carbocycles. The van der Waals surface area contributed by atoms with E-state index in [2.05, 4.69) is 10.0 Å². The monoisotopic (exact) mass is 276 g/mol. The molecule has 5 nitrogen and oxygen atoms in total. The zero-order valence-electron chi connectivity index (χ0n) is 11.5. The topological polar surface area (TPSA) is 75.3 Å². The average Bonchev–Trinajstić information content (AvgIpc) is 2.29. The molecule has 106 valence electrons. The molecular formula is C12H24N2O3S. The van der Waals surface area contributed by atoms with Gasteiger partial charge in [0.2, 0.25) is 15.9 Å². The van der Waals surface area contributed by atoms with Crippen molar-refractivity contribution < 1.29 is 13.2 Å². The third kappa shape index (κ3) is 3.95. The molecule has 0 saturated heterocycles. The maximum Gasteiger partial charge on any atom is 0.237 e. The summed E-state index contributed by atoms with van der Waals surface area (Å²) in [4.78, 5) is 11.9. The lowest BCUT2D eigenvalue weighted by Crippen LogP contribution is -2.49. The molecule has 1 saturated carbocycles. The van der Waals surface area contributed by atoms with Crippen LogP contribution in [0.15, 0.2) is 0 Å². The zero-order valence-corrected chi connectivity index (χ0v) is 12.3. The maximum absolute atomic E-state index is 11.9. The second kappa shape index (κ2) is 6.02. The Bertz CT molecular complexity index is 384. The van der Waals surface area contributed by atoms with Crippen molar-refractivity contribution in [1.82, 2.24) is 10.0 Å². The Morgan fingerprint density at radius 2 is 1.78 bits per heavy atom. The van der Waals surface area contributed by atoms with Gasteiger partial charge in [-0.2, -0.15) is 0 Å². The molecule has 18 heavy (non-hydrogen) atoms. The largest absolute Gasteiger partial charge is 0.314 e. The summed E-state index contributed by atoms with van der Waals surface area (Å²) in [6.45, 7) is 3.12. The van der Waals surface area contributed by atoms with Gasteiger partial charge in [0.15, 0.2) is 0 Å². The predicted octanol–water partition coefficient (Wildman–Crippen LogP) is 1.15. The number of nitrogens with one attached hydrogen (secondary N) is 2. The lowest BCUT2D eigenvalue weighted by molar-refractivity contribution is -0.121. The van der Waals surface area contributed by atoms with Gasteiger partial charge in [-0.15, -0.1) is 0 Å². The highest BCUT2D eigenvalue weighted by Gasteiger charge is 2.33. The minimum absolute atomic E-state index is 0.227. The molecular weight excluding hydrogens is 252 g/mol. The van der Waals surface area contributed by atoms with E-state index < -0.39 is 21.2 Å². The van der Waals surface area contributed by atoms with Gasteiger partial charge in [0.1, 0.15) is 0 Å². The second-order valence-corrected chi connectivity index (χ2v) is 7.62. The molecule has 0 atom stereocenters. The minimum Gasteiger partial charge on any atom is -0.314 e. The highest BCUT2D eigenvalue weighted by atomic mass is 32.2. The fourth-order valence-corrected chi connectivity index (χ4v) is 2.99. The fraction of sp³-hybridized carbons (Fsp3) is 0.917. The molecule has 2 N–H and O–H groups in total. The summed E-state index contributed by atoms with van der Waals surface area (Å²) in [5.41, 5.74) is -0.227. The molecule has 0 unspecified atom stereocenters. The van der Waals surface area contributed by atoms with Crippen molar-refractivity contribution in [2.45, 2.75) is 63.2 Å². The van der Waals surface area contributed by atoms with Crippen molar-refractivity contribution in [2.24, 2.45) is 0 Å². The van der Waals surface area contributed by atoms with E-state index in [1.807, 2.05) is 7.05 Å². The van der Waals surface area contributed by atoms with E-state index in [1.54, 1.807) is 13.8 Å². The van der Waals surface area contributed by atoms with Crippen molar-refractivity contribution in [2.75, 3.05) is 7.05 Å². The van der Waals surface area contributed by atoms with Crippen LogP contribution >= 0.6 is 0 Å². The van der Waals surface area contributed by atoms with E-state index in [0.717, 1.165) is 25.7 Å². The third-order valence-corrected chi connectivity index (χ3v) is 5.47. The van der Waals surface area contributed by atoms with Gasteiger partial charge in [0.25, 0.3) is 0 Å². The summed E-state index contributed by atoms with van der Waals surface area (Å²) in [5.74, 6) is -0.403.